The van der Waals surface area contributed by atoms with Crippen LogP contribution in [0.15, 0.2) is 84.9 Å². The lowest BCUT2D eigenvalue weighted by molar-refractivity contribution is -0.161. The number of aryl methyl sites for hydroxylation is 1. The van der Waals surface area contributed by atoms with Crippen LogP contribution in [-0.2, 0) is 36.9 Å². The quantitative estimate of drug-likeness (QED) is 0.387. The van der Waals surface area contributed by atoms with Gasteiger partial charge in [0.1, 0.15) is 6.61 Å². The average molecular weight is 499 g/mol. The molecule has 0 aliphatic heterocycles. The molecule has 7 nitrogen and oxygen atoms in total. The lowest BCUT2D eigenvalue weighted by atomic mass is 9.75. The molecule has 0 radical (unpaired) electrons. The third-order valence-electron chi connectivity index (χ3n) is 6.05. The zero-order valence-corrected chi connectivity index (χ0v) is 21.0. The minimum Gasteiger partial charge on any atom is -0.465 e. The van der Waals surface area contributed by atoms with Crippen molar-refractivity contribution in [2.45, 2.75) is 39.3 Å². The van der Waals surface area contributed by atoms with Crippen LogP contribution in [0.25, 0.3) is 0 Å². The van der Waals surface area contributed by atoms with Crippen LogP contribution >= 0.6 is 0 Å². The highest BCUT2D eigenvalue weighted by Gasteiger charge is 2.51. The Labute approximate surface area is 217 Å². The standard InChI is InChI=1S/C30H30N2O5/c1-3-36-29(35)30(21-31,19-27(34)37-20-25-17-11-10-12-22(25)2)28(24-15-8-5-9-16-24)32-26(33)18-23-13-6-4-7-14-23/h4-17,28H,3,18-20H2,1-2H3,(H,32,33). The summed E-state index contributed by atoms with van der Waals surface area (Å²) in [5.41, 5.74) is 0.966. The summed E-state index contributed by atoms with van der Waals surface area (Å²) >= 11 is 0. The molecule has 7 heteroatoms. The van der Waals surface area contributed by atoms with Gasteiger partial charge in [0.25, 0.3) is 0 Å². The van der Waals surface area contributed by atoms with Gasteiger partial charge in [-0.15, -0.1) is 0 Å². The molecule has 0 spiro atoms. The third-order valence-corrected chi connectivity index (χ3v) is 6.05. The summed E-state index contributed by atoms with van der Waals surface area (Å²) in [5.74, 6) is -2.06. The number of carbonyl (C=O) groups excluding carboxylic acids is 3. The molecule has 2 atom stereocenters. The molecule has 2 unspecified atom stereocenters. The van der Waals surface area contributed by atoms with Gasteiger partial charge in [-0.2, -0.15) is 5.26 Å². The molecule has 0 bridgehead atoms. The maximum Gasteiger partial charge on any atom is 0.329 e. The number of ether oxygens (including phenoxy) is 2. The predicted molar refractivity (Wildman–Crippen MR) is 138 cm³/mol. The molecule has 1 amide bonds. The van der Waals surface area contributed by atoms with Gasteiger partial charge in [0.15, 0.2) is 5.41 Å². The lowest BCUT2D eigenvalue weighted by Gasteiger charge is -2.33. The Balaban J connectivity index is 1.93. The second-order valence-corrected chi connectivity index (χ2v) is 8.64. The van der Waals surface area contributed by atoms with E-state index in [1.807, 2.05) is 67.6 Å². The molecule has 0 heterocycles. The monoisotopic (exact) mass is 498 g/mol. The van der Waals surface area contributed by atoms with Gasteiger partial charge in [-0.05, 0) is 36.1 Å². The van der Waals surface area contributed by atoms with Crippen molar-refractivity contribution in [2.75, 3.05) is 6.61 Å². The van der Waals surface area contributed by atoms with Crippen LogP contribution in [0.2, 0.25) is 0 Å². The summed E-state index contributed by atoms with van der Waals surface area (Å²) in [5, 5.41) is 13.2. The van der Waals surface area contributed by atoms with Crippen LogP contribution in [0.1, 0.15) is 41.6 Å². The molecule has 3 aromatic rings. The van der Waals surface area contributed by atoms with Crippen molar-refractivity contribution in [2.24, 2.45) is 5.41 Å². The van der Waals surface area contributed by atoms with Crippen molar-refractivity contribution < 1.29 is 23.9 Å². The molecular weight excluding hydrogens is 468 g/mol. The summed E-state index contributed by atoms with van der Waals surface area (Å²) in [6.45, 7) is 3.50. The Kier molecular flexibility index (Phi) is 9.56. The molecule has 0 aliphatic carbocycles. The fourth-order valence-electron chi connectivity index (χ4n) is 4.04. The van der Waals surface area contributed by atoms with Crippen LogP contribution in [0, 0.1) is 23.7 Å². The van der Waals surface area contributed by atoms with E-state index in [0.29, 0.717) is 5.56 Å². The van der Waals surface area contributed by atoms with Gasteiger partial charge in [0, 0.05) is 0 Å². The van der Waals surface area contributed by atoms with Gasteiger partial charge < -0.3 is 14.8 Å². The second kappa shape index (κ2) is 13.0. The number of carbonyl (C=O) groups is 3. The molecule has 0 aliphatic rings. The fourth-order valence-corrected chi connectivity index (χ4v) is 4.04. The van der Waals surface area contributed by atoms with Crippen molar-refractivity contribution in [1.82, 2.24) is 5.32 Å². The summed E-state index contributed by atoms with van der Waals surface area (Å²) in [6.07, 6.45) is -0.564. The van der Waals surface area contributed by atoms with E-state index in [2.05, 4.69) is 5.32 Å². The smallest absolute Gasteiger partial charge is 0.329 e. The molecule has 0 aromatic heterocycles. The number of amides is 1. The first-order valence-electron chi connectivity index (χ1n) is 12.1. The number of nitriles is 1. The maximum absolute atomic E-state index is 13.3. The van der Waals surface area contributed by atoms with Crippen LogP contribution in [-0.4, -0.2) is 24.5 Å². The van der Waals surface area contributed by atoms with Crippen molar-refractivity contribution in [3.05, 3.63) is 107 Å². The van der Waals surface area contributed by atoms with E-state index in [1.165, 1.54) is 0 Å². The highest BCUT2D eigenvalue weighted by atomic mass is 16.5. The zero-order valence-electron chi connectivity index (χ0n) is 21.0. The number of esters is 2. The molecule has 3 aromatic carbocycles. The Morgan fingerprint density at radius 2 is 1.54 bits per heavy atom. The number of nitrogens with zero attached hydrogens (tertiary/aromatic N) is 1. The largest absolute Gasteiger partial charge is 0.465 e. The Morgan fingerprint density at radius 3 is 2.16 bits per heavy atom. The van der Waals surface area contributed by atoms with Gasteiger partial charge in [0.2, 0.25) is 5.91 Å². The van der Waals surface area contributed by atoms with E-state index < -0.39 is 35.7 Å². The summed E-state index contributed by atoms with van der Waals surface area (Å²) in [4.78, 5) is 39.4. The number of nitrogens with one attached hydrogen (secondary N) is 1. The molecule has 3 rings (SSSR count). The third kappa shape index (κ3) is 7.05. The molecular formula is C30H30N2O5. The molecule has 0 fully saturated rings. The molecule has 37 heavy (non-hydrogen) atoms. The number of hydrogen-bond acceptors (Lipinski definition) is 6. The number of hydrogen-bond donors (Lipinski definition) is 1. The SMILES string of the molecule is CCOC(=O)C(C#N)(CC(=O)OCc1ccccc1C)C(NC(=O)Cc1ccccc1)c1ccccc1. The zero-order chi connectivity index (χ0) is 26.7. The van der Waals surface area contributed by atoms with Crippen LogP contribution < -0.4 is 5.32 Å². The van der Waals surface area contributed by atoms with Crippen molar-refractivity contribution in [1.29, 1.82) is 5.26 Å². The first-order valence-corrected chi connectivity index (χ1v) is 12.1. The first kappa shape index (κ1) is 27.2. The molecule has 0 saturated heterocycles. The van der Waals surface area contributed by atoms with Gasteiger partial charge >= 0.3 is 11.9 Å². The second-order valence-electron chi connectivity index (χ2n) is 8.64. The molecule has 1 N–H and O–H groups in total. The van der Waals surface area contributed by atoms with E-state index in [0.717, 1.165) is 16.7 Å². The van der Waals surface area contributed by atoms with Crippen LogP contribution in [0.4, 0.5) is 0 Å². The normalized spacial score (nSPS) is 12.9. The molecule has 0 saturated carbocycles. The van der Waals surface area contributed by atoms with Crippen molar-refractivity contribution in [3.63, 3.8) is 0 Å². The minimum atomic E-state index is -2.05. The van der Waals surface area contributed by atoms with Crippen LogP contribution in [0.3, 0.4) is 0 Å². The van der Waals surface area contributed by atoms with Crippen LogP contribution in [0.5, 0.6) is 0 Å². The highest BCUT2D eigenvalue weighted by molar-refractivity contribution is 5.89. The number of benzene rings is 3. The first-order chi connectivity index (χ1) is 17.9. The Morgan fingerprint density at radius 1 is 0.919 bits per heavy atom. The summed E-state index contributed by atoms with van der Waals surface area (Å²) < 4.78 is 10.7. The molecule has 190 valence electrons. The van der Waals surface area contributed by atoms with Crippen molar-refractivity contribution in [3.8, 4) is 6.07 Å². The Hall–Kier alpha value is -4.44. The fraction of sp³-hybridized carbons (Fsp3) is 0.267. The minimum absolute atomic E-state index is 0.00000747. The predicted octanol–water partition coefficient (Wildman–Crippen LogP) is 4.60. The van der Waals surface area contributed by atoms with Gasteiger partial charge in [0.05, 0.1) is 31.6 Å². The van der Waals surface area contributed by atoms with E-state index in [4.69, 9.17) is 9.47 Å². The maximum atomic E-state index is 13.3. The Bertz CT molecular complexity index is 1250. The lowest BCUT2D eigenvalue weighted by Crippen LogP contribution is -2.48. The van der Waals surface area contributed by atoms with E-state index in [-0.39, 0.29) is 19.6 Å². The summed E-state index contributed by atoms with van der Waals surface area (Å²) in [7, 11) is 0. The highest BCUT2D eigenvalue weighted by Crippen LogP contribution is 2.39. The van der Waals surface area contributed by atoms with E-state index in [1.54, 1.807) is 37.3 Å². The topological polar surface area (TPSA) is 105 Å². The van der Waals surface area contributed by atoms with E-state index in [9.17, 15) is 19.6 Å². The van der Waals surface area contributed by atoms with Crippen molar-refractivity contribution >= 4 is 17.8 Å². The van der Waals surface area contributed by atoms with Gasteiger partial charge in [-0.25, -0.2) is 0 Å². The average Bonchev–Trinajstić information content (AvgIpc) is 2.91. The van der Waals surface area contributed by atoms with E-state index >= 15 is 0 Å². The van der Waals surface area contributed by atoms with Gasteiger partial charge in [-0.1, -0.05) is 84.9 Å². The van der Waals surface area contributed by atoms with Gasteiger partial charge in [-0.3, -0.25) is 14.4 Å². The summed E-state index contributed by atoms with van der Waals surface area (Å²) in [6, 6.07) is 26.0. The number of rotatable bonds is 11.